The van der Waals surface area contributed by atoms with Crippen LogP contribution in [0.25, 0.3) is 55.3 Å². The van der Waals surface area contributed by atoms with Gasteiger partial charge in [0.1, 0.15) is 11.2 Å². The molecule has 11 rings (SSSR count). The highest BCUT2D eigenvalue weighted by Crippen LogP contribution is 2.49. The maximum Gasteiger partial charge on any atom is 0.135 e. The molecule has 0 spiro atoms. The molecule has 3 heteroatoms. The number of benzene rings is 8. The van der Waals surface area contributed by atoms with E-state index in [4.69, 9.17) is 4.42 Å². The SMILES string of the molecule is C1=CC2c3ccccc3N(c3cc(-c4ccccc4)cc(-c4ccc(N(c5ccc(-c6ccccc6)cc5)c5ccc6oc7ccccc7c6c5)cc4)c3)C2C=C1. The van der Waals surface area contributed by atoms with Crippen molar-refractivity contribution >= 4 is 50.4 Å². The van der Waals surface area contributed by atoms with Crippen LogP contribution in [0.15, 0.2) is 223 Å². The first-order chi connectivity index (χ1) is 28.2. The van der Waals surface area contributed by atoms with Gasteiger partial charge in [-0.3, -0.25) is 0 Å². The Balaban J connectivity index is 1.02. The van der Waals surface area contributed by atoms with Crippen molar-refractivity contribution in [2.75, 3.05) is 9.80 Å². The molecule has 270 valence electrons. The molecule has 9 aromatic rings. The molecule has 2 aliphatic rings. The van der Waals surface area contributed by atoms with Gasteiger partial charge in [-0.25, -0.2) is 0 Å². The number of hydrogen-bond donors (Lipinski definition) is 0. The van der Waals surface area contributed by atoms with E-state index >= 15 is 0 Å². The van der Waals surface area contributed by atoms with Gasteiger partial charge in [0.2, 0.25) is 0 Å². The van der Waals surface area contributed by atoms with Gasteiger partial charge in [-0.1, -0.05) is 146 Å². The van der Waals surface area contributed by atoms with Gasteiger partial charge in [-0.05, 0) is 112 Å². The number of allylic oxidation sites excluding steroid dienone is 2. The minimum absolute atomic E-state index is 0.222. The van der Waals surface area contributed by atoms with Gasteiger partial charge in [0.25, 0.3) is 0 Å². The molecule has 2 atom stereocenters. The normalized spacial score (nSPS) is 15.5. The second-order valence-electron chi connectivity index (χ2n) is 14.9. The van der Waals surface area contributed by atoms with Crippen molar-refractivity contribution in [1.29, 1.82) is 0 Å². The summed E-state index contributed by atoms with van der Waals surface area (Å²) in [5, 5.41) is 2.22. The van der Waals surface area contributed by atoms with Crippen LogP contribution >= 0.6 is 0 Å². The predicted octanol–water partition coefficient (Wildman–Crippen LogP) is 14.8. The van der Waals surface area contributed by atoms with E-state index in [1.807, 2.05) is 12.1 Å². The quantitative estimate of drug-likeness (QED) is 0.163. The lowest BCUT2D eigenvalue weighted by Crippen LogP contribution is -2.28. The van der Waals surface area contributed by atoms with Gasteiger partial charge in [0.15, 0.2) is 0 Å². The van der Waals surface area contributed by atoms with Crippen LogP contribution in [0.2, 0.25) is 0 Å². The van der Waals surface area contributed by atoms with Crippen molar-refractivity contribution < 1.29 is 4.42 Å². The number of fused-ring (bicyclic) bond motifs is 6. The Morgan fingerprint density at radius 2 is 0.947 bits per heavy atom. The Hall–Kier alpha value is -7.36. The number of anilines is 5. The number of nitrogens with zero attached hydrogens (tertiary/aromatic N) is 2. The van der Waals surface area contributed by atoms with Gasteiger partial charge in [0, 0.05) is 45.1 Å². The van der Waals surface area contributed by atoms with E-state index in [0.29, 0.717) is 5.92 Å². The lowest BCUT2D eigenvalue weighted by atomic mass is 9.91. The van der Waals surface area contributed by atoms with E-state index in [1.54, 1.807) is 0 Å². The van der Waals surface area contributed by atoms with E-state index < -0.39 is 0 Å². The summed E-state index contributed by atoms with van der Waals surface area (Å²) >= 11 is 0. The third kappa shape index (κ3) is 5.84. The standard InChI is InChI=1S/C54H38N2O/c1-3-13-37(14-4-1)39-23-27-43(28-24-39)55(45-31-32-54-50(36-45)49-19-9-12-22-53(49)57-54)44-29-25-40(26-30-44)42-33-41(38-15-5-2-6-16-38)34-46(35-42)56-51-20-10-7-17-47(51)48-18-8-11-21-52(48)56/h1-36,47,51H. The third-order valence-electron chi connectivity index (χ3n) is 11.6. The maximum absolute atomic E-state index is 6.24. The van der Waals surface area contributed by atoms with E-state index in [-0.39, 0.29) is 6.04 Å². The summed E-state index contributed by atoms with van der Waals surface area (Å²) < 4.78 is 6.24. The van der Waals surface area contributed by atoms with Crippen molar-refractivity contribution in [2.24, 2.45) is 0 Å². The van der Waals surface area contributed by atoms with Crippen LogP contribution in [0.1, 0.15) is 11.5 Å². The van der Waals surface area contributed by atoms with Crippen LogP contribution < -0.4 is 9.80 Å². The Bertz CT molecular complexity index is 2960. The molecule has 2 heterocycles. The molecule has 1 aliphatic heterocycles. The van der Waals surface area contributed by atoms with E-state index in [0.717, 1.165) is 44.6 Å². The highest BCUT2D eigenvalue weighted by Gasteiger charge is 2.37. The molecule has 1 aromatic heterocycles. The monoisotopic (exact) mass is 730 g/mol. The van der Waals surface area contributed by atoms with E-state index in [1.165, 1.54) is 44.8 Å². The van der Waals surface area contributed by atoms with Crippen molar-refractivity contribution in [2.45, 2.75) is 12.0 Å². The predicted molar refractivity (Wildman–Crippen MR) is 238 cm³/mol. The molecule has 0 saturated carbocycles. The number of hydrogen-bond acceptors (Lipinski definition) is 3. The van der Waals surface area contributed by atoms with Crippen LogP contribution in [0, 0.1) is 0 Å². The van der Waals surface area contributed by atoms with E-state index in [9.17, 15) is 0 Å². The van der Waals surface area contributed by atoms with Gasteiger partial charge >= 0.3 is 0 Å². The Kier molecular flexibility index (Phi) is 7.96. The number of para-hydroxylation sites is 2. The molecule has 8 aromatic carbocycles. The molecule has 0 amide bonds. The molecular formula is C54H38N2O. The Morgan fingerprint density at radius 3 is 1.67 bits per heavy atom. The lowest BCUT2D eigenvalue weighted by Gasteiger charge is -2.30. The number of rotatable bonds is 7. The topological polar surface area (TPSA) is 19.6 Å². The fourth-order valence-electron chi connectivity index (χ4n) is 8.84. The van der Waals surface area contributed by atoms with Gasteiger partial charge in [-0.2, -0.15) is 0 Å². The average molecular weight is 731 g/mol. The van der Waals surface area contributed by atoms with Crippen molar-refractivity contribution in [3.63, 3.8) is 0 Å². The van der Waals surface area contributed by atoms with Gasteiger partial charge < -0.3 is 14.2 Å². The first kappa shape index (κ1) is 33.0. The molecule has 0 N–H and O–H groups in total. The van der Waals surface area contributed by atoms with Crippen LogP contribution in [0.4, 0.5) is 28.4 Å². The first-order valence-electron chi connectivity index (χ1n) is 19.7. The minimum atomic E-state index is 0.222. The maximum atomic E-state index is 6.24. The van der Waals surface area contributed by atoms with Gasteiger partial charge in [0.05, 0.1) is 6.04 Å². The zero-order valence-corrected chi connectivity index (χ0v) is 31.2. The van der Waals surface area contributed by atoms with Crippen LogP contribution in [0.5, 0.6) is 0 Å². The third-order valence-corrected chi connectivity index (χ3v) is 11.6. The van der Waals surface area contributed by atoms with Gasteiger partial charge in [-0.15, -0.1) is 0 Å². The largest absolute Gasteiger partial charge is 0.456 e. The molecule has 1 aliphatic carbocycles. The summed E-state index contributed by atoms with van der Waals surface area (Å²) in [6.45, 7) is 0. The van der Waals surface area contributed by atoms with Crippen molar-refractivity contribution in [3.8, 4) is 33.4 Å². The van der Waals surface area contributed by atoms with Crippen LogP contribution in [-0.2, 0) is 0 Å². The molecule has 0 saturated heterocycles. The smallest absolute Gasteiger partial charge is 0.135 e. The second-order valence-corrected chi connectivity index (χ2v) is 14.9. The molecule has 0 bridgehead atoms. The molecule has 0 radical (unpaired) electrons. The zero-order valence-electron chi connectivity index (χ0n) is 31.2. The van der Waals surface area contributed by atoms with E-state index in [2.05, 4.69) is 216 Å². The fraction of sp³-hybridized carbons (Fsp3) is 0.0370. The summed E-state index contributed by atoms with van der Waals surface area (Å²) in [7, 11) is 0. The minimum Gasteiger partial charge on any atom is -0.456 e. The van der Waals surface area contributed by atoms with Crippen LogP contribution in [0.3, 0.4) is 0 Å². The zero-order chi connectivity index (χ0) is 37.7. The molecular weight excluding hydrogens is 693 g/mol. The Morgan fingerprint density at radius 1 is 0.404 bits per heavy atom. The summed E-state index contributed by atoms with van der Waals surface area (Å²) in [5.41, 5.74) is 16.0. The molecule has 0 fully saturated rings. The van der Waals surface area contributed by atoms with Crippen LogP contribution in [-0.4, -0.2) is 6.04 Å². The summed E-state index contributed by atoms with van der Waals surface area (Å²) in [6.07, 6.45) is 9.07. The first-order valence-corrected chi connectivity index (χ1v) is 19.7. The fourth-order valence-corrected chi connectivity index (χ4v) is 8.84. The summed E-state index contributed by atoms with van der Waals surface area (Å²) in [4.78, 5) is 4.87. The molecule has 2 unspecified atom stereocenters. The average Bonchev–Trinajstić information content (AvgIpc) is 3.83. The van der Waals surface area contributed by atoms with Crippen molar-refractivity contribution in [3.05, 3.63) is 224 Å². The lowest BCUT2D eigenvalue weighted by molar-refractivity contribution is 0.669. The molecule has 3 nitrogen and oxygen atoms in total. The summed E-state index contributed by atoms with van der Waals surface area (Å²) in [6, 6.07) is 70.1. The molecule has 57 heavy (non-hydrogen) atoms. The Labute approximate surface area is 332 Å². The highest BCUT2D eigenvalue weighted by atomic mass is 16.3. The number of furan rings is 1. The second kappa shape index (κ2) is 13.7. The van der Waals surface area contributed by atoms with Crippen molar-refractivity contribution in [1.82, 2.24) is 0 Å². The summed E-state index contributed by atoms with van der Waals surface area (Å²) in [5.74, 6) is 0.321. The highest BCUT2D eigenvalue weighted by molar-refractivity contribution is 6.06.